The molecule has 1 fully saturated rings. The van der Waals surface area contributed by atoms with E-state index in [1.807, 2.05) is 0 Å². The molecule has 1 atom stereocenters. The lowest BCUT2D eigenvalue weighted by Crippen LogP contribution is -2.58. The minimum Gasteiger partial charge on any atom is -0.382 e. The second kappa shape index (κ2) is 5.78. The third-order valence-electron chi connectivity index (χ3n) is 3.10. The summed E-state index contributed by atoms with van der Waals surface area (Å²) in [6, 6.07) is 7.59. The third-order valence-corrected chi connectivity index (χ3v) is 3.10. The lowest BCUT2D eigenvalue weighted by Gasteiger charge is -2.32. The third kappa shape index (κ3) is 2.94. The van der Waals surface area contributed by atoms with Crippen LogP contribution in [-0.4, -0.2) is 47.7 Å². The number of piperazine rings is 1. The Balaban J connectivity index is 2.38. The Morgan fingerprint density at radius 3 is 2.43 bits per heavy atom. The van der Waals surface area contributed by atoms with E-state index in [1.54, 1.807) is 49.3 Å². The first-order chi connectivity index (χ1) is 9.91. The van der Waals surface area contributed by atoms with E-state index in [9.17, 15) is 14.4 Å². The number of hydrogen-bond acceptors (Lipinski definition) is 4. The van der Waals surface area contributed by atoms with Crippen LogP contribution < -0.4 is 5.32 Å². The predicted molar refractivity (Wildman–Crippen MR) is 77.0 cm³/mol. The monoisotopic (exact) mass is 287 g/mol. The molecule has 1 aliphatic rings. The highest BCUT2D eigenvalue weighted by atomic mass is 16.2. The van der Waals surface area contributed by atoms with Crippen LogP contribution in [0, 0.1) is 0 Å². The van der Waals surface area contributed by atoms with Crippen molar-refractivity contribution in [3.05, 3.63) is 47.8 Å². The van der Waals surface area contributed by atoms with E-state index >= 15 is 0 Å². The zero-order chi connectivity index (χ0) is 15.6. The predicted octanol–water partition coefficient (Wildman–Crippen LogP) is 0.577. The molecule has 0 spiro atoms. The van der Waals surface area contributed by atoms with Gasteiger partial charge in [0.05, 0.1) is 0 Å². The molecule has 6 nitrogen and oxygen atoms in total. The second-order valence-corrected chi connectivity index (χ2v) is 5.02. The molecule has 1 aromatic carbocycles. The van der Waals surface area contributed by atoms with Crippen LogP contribution in [0.15, 0.2) is 42.2 Å². The van der Waals surface area contributed by atoms with Crippen molar-refractivity contribution in [2.75, 3.05) is 14.1 Å². The lowest BCUT2D eigenvalue weighted by atomic mass is 10.1. The molecule has 1 unspecified atom stereocenters. The Labute approximate surface area is 123 Å². The van der Waals surface area contributed by atoms with E-state index in [4.69, 9.17) is 0 Å². The van der Waals surface area contributed by atoms with Crippen LogP contribution in [0.3, 0.4) is 0 Å². The quantitative estimate of drug-likeness (QED) is 0.638. The lowest BCUT2D eigenvalue weighted by molar-refractivity contribution is -0.138. The molecule has 0 saturated carbocycles. The molecule has 2 rings (SSSR count). The van der Waals surface area contributed by atoms with Gasteiger partial charge in [-0.3, -0.25) is 19.3 Å². The SMILES string of the molecule is CC1C(=O)N/C(=C\N(C)C)C(=O)N1C(=O)c1ccccc1. The first-order valence-electron chi connectivity index (χ1n) is 6.54. The van der Waals surface area contributed by atoms with E-state index in [2.05, 4.69) is 5.32 Å². The second-order valence-electron chi connectivity index (χ2n) is 5.02. The van der Waals surface area contributed by atoms with Gasteiger partial charge >= 0.3 is 0 Å². The Hall–Kier alpha value is -2.63. The van der Waals surface area contributed by atoms with Crippen LogP contribution in [-0.2, 0) is 9.59 Å². The normalized spacial score (nSPS) is 20.4. The van der Waals surface area contributed by atoms with Crippen molar-refractivity contribution < 1.29 is 14.4 Å². The van der Waals surface area contributed by atoms with Gasteiger partial charge in [0.2, 0.25) is 5.91 Å². The van der Waals surface area contributed by atoms with Gasteiger partial charge in [0.25, 0.3) is 11.8 Å². The summed E-state index contributed by atoms with van der Waals surface area (Å²) in [5, 5.41) is 2.52. The molecule has 0 aliphatic carbocycles. The number of nitrogens with one attached hydrogen (secondary N) is 1. The smallest absolute Gasteiger partial charge is 0.279 e. The van der Waals surface area contributed by atoms with Gasteiger partial charge in [-0.05, 0) is 19.1 Å². The van der Waals surface area contributed by atoms with Gasteiger partial charge in [0, 0.05) is 25.9 Å². The van der Waals surface area contributed by atoms with Gasteiger partial charge in [0.15, 0.2) is 0 Å². The minimum atomic E-state index is -0.843. The van der Waals surface area contributed by atoms with Crippen LogP contribution in [0.5, 0.6) is 0 Å². The zero-order valence-electron chi connectivity index (χ0n) is 12.2. The molecular formula is C15H17N3O3. The fourth-order valence-electron chi connectivity index (χ4n) is 2.05. The highest BCUT2D eigenvalue weighted by molar-refractivity contribution is 6.15. The van der Waals surface area contributed by atoms with Gasteiger partial charge in [-0.15, -0.1) is 0 Å². The van der Waals surface area contributed by atoms with Crippen molar-refractivity contribution in [1.82, 2.24) is 15.1 Å². The van der Waals surface area contributed by atoms with Crippen LogP contribution >= 0.6 is 0 Å². The maximum atomic E-state index is 12.5. The summed E-state index contributed by atoms with van der Waals surface area (Å²) in [7, 11) is 3.46. The molecule has 110 valence electrons. The minimum absolute atomic E-state index is 0.0902. The highest BCUT2D eigenvalue weighted by Gasteiger charge is 2.39. The Kier molecular flexibility index (Phi) is 4.07. The maximum Gasteiger partial charge on any atom is 0.279 e. The molecular weight excluding hydrogens is 270 g/mol. The van der Waals surface area contributed by atoms with E-state index in [0.29, 0.717) is 5.56 Å². The molecule has 0 bridgehead atoms. The molecule has 1 heterocycles. The Morgan fingerprint density at radius 2 is 1.86 bits per heavy atom. The first kappa shape index (κ1) is 14.8. The number of imide groups is 1. The number of amides is 3. The first-order valence-corrected chi connectivity index (χ1v) is 6.54. The summed E-state index contributed by atoms with van der Waals surface area (Å²) in [4.78, 5) is 39.5. The van der Waals surface area contributed by atoms with E-state index in [-0.39, 0.29) is 11.6 Å². The van der Waals surface area contributed by atoms with Crippen molar-refractivity contribution in [1.29, 1.82) is 0 Å². The highest BCUT2D eigenvalue weighted by Crippen LogP contribution is 2.16. The maximum absolute atomic E-state index is 12.5. The van der Waals surface area contributed by atoms with E-state index in [0.717, 1.165) is 4.90 Å². The summed E-state index contributed by atoms with van der Waals surface area (Å²) >= 11 is 0. The summed E-state index contributed by atoms with van der Waals surface area (Å²) in [5.41, 5.74) is 0.462. The summed E-state index contributed by atoms with van der Waals surface area (Å²) in [6.45, 7) is 1.53. The van der Waals surface area contributed by atoms with Crippen LogP contribution in [0.2, 0.25) is 0 Å². The molecule has 1 aromatic rings. The molecule has 21 heavy (non-hydrogen) atoms. The number of benzene rings is 1. The van der Waals surface area contributed by atoms with Gasteiger partial charge in [-0.25, -0.2) is 0 Å². The molecule has 1 aliphatic heterocycles. The number of hydrogen-bond donors (Lipinski definition) is 1. The fraction of sp³-hybridized carbons (Fsp3) is 0.267. The van der Waals surface area contributed by atoms with E-state index < -0.39 is 17.9 Å². The number of rotatable bonds is 2. The molecule has 0 aromatic heterocycles. The van der Waals surface area contributed by atoms with Crippen molar-refractivity contribution in [3.8, 4) is 0 Å². The van der Waals surface area contributed by atoms with E-state index in [1.165, 1.54) is 13.1 Å². The standard InChI is InChI=1S/C15H17N3O3/c1-10-13(19)16-12(9-17(2)3)15(21)18(10)14(20)11-7-5-4-6-8-11/h4-10H,1-3H3,(H,16,19)/b12-9-. The summed E-state index contributed by atoms with van der Waals surface area (Å²) < 4.78 is 0. The molecule has 0 radical (unpaired) electrons. The number of carbonyl (C=O) groups excluding carboxylic acids is 3. The van der Waals surface area contributed by atoms with Gasteiger partial charge in [-0.1, -0.05) is 18.2 Å². The fourth-order valence-corrected chi connectivity index (χ4v) is 2.05. The average Bonchev–Trinajstić information content (AvgIpc) is 2.45. The number of carbonyl (C=O) groups is 3. The average molecular weight is 287 g/mol. The molecule has 6 heteroatoms. The Bertz CT molecular complexity index is 608. The van der Waals surface area contributed by atoms with Crippen LogP contribution in [0.4, 0.5) is 0 Å². The van der Waals surface area contributed by atoms with Gasteiger partial charge in [-0.2, -0.15) is 0 Å². The van der Waals surface area contributed by atoms with Crippen LogP contribution in [0.25, 0.3) is 0 Å². The summed E-state index contributed by atoms with van der Waals surface area (Å²) in [5.74, 6) is -1.37. The van der Waals surface area contributed by atoms with Crippen molar-refractivity contribution >= 4 is 17.7 Å². The van der Waals surface area contributed by atoms with Crippen molar-refractivity contribution in [2.45, 2.75) is 13.0 Å². The van der Waals surface area contributed by atoms with Crippen molar-refractivity contribution in [2.24, 2.45) is 0 Å². The topological polar surface area (TPSA) is 69.7 Å². The van der Waals surface area contributed by atoms with Gasteiger partial charge < -0.3 is 10.2 Å². The molecule has 1 N–H and O–H groups in total. The van der Waals surface area contributed by atoms with Crippen molar-refractivity contribution in [3.63, 3.8) is 0 Å². The molecule has 3 amide bonds. The largest absolute Gasteiger partial charge is 0.382 e. The van der Waals surface area contributed by atoms with Gasteiger partial charge in [0.1, 0.15) is 11.7 Å². The molecule has 1 saturated heterocycles. The number of nitrogens with zero attached hydrogens (tertiary/aromatic N) is 2. The summed E-state index contributed by atoms with van der Waals surface area (Å²) in [6.07, 6.45) is 1.48. The zero-order valence-corrected chi connectivity index (χ0v) is 12.2. The Morgan fingerprint density at radius 1 is 1.24 bits per heavy atom. The van der Waals surface area contributed by atoms with Crippen LogP contribution in [0.1, 0.15) is 17.3 Å².